The first-order valence-electron chi connectivity index (χ1n) is 6.70. The summed E-state index contributed by atoms with van der Waals surface area (Å²) in [7, 11) is 3.82. The van der Waals surface area contributed by atoms with Crippen molar-refractivity contribution in [2.24, 2.45) is 0 Å². The van der Waals surface area contributed by atoms with Crippen molar-refractivity contribution in [3.05, 3.63) is 23.9 Å². The van der Waals surface area contributed by atoms with Gasteiger partial charge in [-0.3, -0.25) is 0 Å². The van der Waals surface area contributed by atoms with Gasteiger partial charge in [-0.05, 0) is 6.07 Å². The topological polar surface area (TPSA) is 76.0 Å². The molecule has 6 heteroatoms. The Hall–Kier alpha value is -2.50. The molecule has 0 saturated heterocycles. The summed E-state index contributed by atoms with van der Waals surface area (Å²) in [6.45, 7) is 1.04. The molecule has 1 aromatic heterocycles. The quantitative estimate of drug-likeness (QED) is 0.780. The lowest BCUT2D eigenvalue weighted by molar-refractivity contribution is -0.361. The number of carboxylic acid groups (broad SMARTS) is 1. The lowest BCUT2D eigenvalue weighted by Crippen LogP contribution is -2.28. The minimum Gasteiger partial charge on any atom is -0.550 e. The fourth-order valence-electron chi connectivity index (χ4n) is 2.48. The Balaban J connectivity index is 2.21. The number of nitrogens with zero attached hydrogens (tertiary/aromatic N) is 1. The molecule has 0 atom stereocenters. The Morgan fingerprint density at radius 3 is 2.52 bits per heavy atom. The van der Waals surface area contributed by atoms with E-state index in [4.69, 9.17) is 9.47 Å². The lowest BCUT2D eigenvalue weighted by atomic mass is 10.1. The minimum absolute atomic E-state index is 0.161. The van der Waals surface area contributed by atoms with Crippen molar-refractivity contribution in [2.75, 3.05) is 32.2 Å². The Labute approximate surface area is 121 Å². The maximum Gasteiger partial charge on any atom is 0.217 e. The van der Waals surface area contributed by atoms with E-state index in [1.807, 2.05) is 37.2 Å². The van der Waals surface area contributed by atoms with Gasteiger partial charge in [0.25, 0.3) is 0 Å². The van der Waals surface area contributed by atoms with Crippen molar-refractivity contribution in [1.29, 1.82) is 0 Å². The molecule has 21 heavy (non-hydrogen) atoms. The molecule has 2 heterocycles. The molecule has 3 rings (SSSR count). The van der Waals surface area contributed by atoms with Gasteiger partial charge in [-0.25, -0.2) is 4.98 Å². The number of hydrogen-bond donors (Lipinski definition) is 0. The second-order valence-electron chi connectivity index (χ2n) is 5.16. The van der Waals surface area contributed by atoms with Crippen LogP contribution in [-0.4, -0.2) is 33.3 Å². The number of ether oxygens (including phenoxy) is 2. The summed E-state index contributed by atoms with van der Waals surface area (Å²) in [6, 6.07) is 5.57. The molecular formula is C15H16N2O4. The van der Waals surface area contributed by atoms with E-state index in [0.717, 1.165) is 16.6 Å². The second kappa shape index (κ2) is 5.12. The Bertz CT molecular complexity index is 712. The maximum absolute atomic E-state index is 10.8. The number of anilines is 1. The highest BCUT2D eigenvalue weighted by molar-refractivity contribution is 5.92. The summed E-state index contributed by atoms with van der Waals surface area (Å²) in [5.74, 6) is 0.256. The fraction of sp³-hybridized carbons (Fsp3) is 0.333. The number of H-pyrrole nitrogens is 1. The zero-order valence-corrected chi connectivity index (χ0v) is 11.9. The molecular weight excluding hydrogens is 272 g/mol. The predicted molar refractivity (Wildman–Crippen MR) is 74.5 cm³/mol. The van der Waals surface area contributed by atoms with Crippen molar-refractivity contribution in [3.8, 4) is 11.5 Å². The molecule has 6 nitrogen and oxygen atoms in total. The van der Waals surface area contributed by atoms with Gasteiger partial charge in [-0.1, -0.05) is 0 Å². The summed E-state index contributed by atoms with van der Waals surface area (Å²) in [4.78, 5) is 15.9. The molecule has 0 amide bonds. The van der Waals surface area contributed by atoms with Crippen molar-refractivity contribution < 1.29 is 24.4 Å². The van der Waals surface area contributed by atoms with Gasteiger partial charge in [0.1, 0.15) is 13.2 Å². The molecule has 110 valence electrons. The molecule has 0 spiro atoms. The summed E-state index contributed by atoms with van der Waals surface area (Å²) < 4.78 is 11.2. The first-order valence-corrected chi connectivity index (χ1v) is 6.70. The molecule has 1 N–H and O–H groups in total. The zero-order valence-electron chi connectivity index (χ0n) is 11.9. The van der Waals surface area contributed by atoms with Crippen LogP contribution in [0.15, 0.2) is 18.2 Å². The van der Waals surface area contributed by atoms with Crippen LogP contribution in [-0.2, 0) is 11.2 Å². The molecule has 1 aliphatic rings. The number of hydrogen-bond acceptors (Lipinski definition) is 5. The van der Waals surface area contributed by atoms with Gasteiger partial charge in [0, 0.05) is 20.2 Å². The Kier molecular flexibility index (Phi) is 3.29. The number of carboxylic acids is 1. The number of pyridine rings is 1. The van der Waals surface area contributed by atoms with Crippen LogP contribution >= 0.6 is 0 Å². The van der Waals surface area contributed by atoms with Crippen LogP contribution in [0.3, 0.4) is 0 Å². The van der Waals surface area contributed by atoms with Crippen LogP contribution in [0.5, 0.6) is 11.5 Å². The highest BCUT2D eigenvalue weighted by Crippen LogP contribution is 2.36. The molecule has 2 aromatic rings. The van der Waals surface area contributed by atoms with E-state index in [1.54, 1.807) is 0 Å². The molecule has 1 aromatic carbocycles. The van der Waals surface area contributed by atoms with Gasteiger partial charge in [0.15, 0.2) is 17.2 Å². The normalized spacial score (nSPS) is 13.2. The van der Waals surface area contributed by atoms with Crippen LogP contribution in [0.4, 0.5) is 5.69 Å². The Morgan fingerprint density at radius 1 is 1.24 bits per heavy atom. The largest absolute Gasteiger partial charge is 0.550 e. The number of aliphatic carboxylic acids is 1. The fourth-order valence-corrected chi connectivity index (χ4v) is 2.48. The zero-order chi connectivity index (χ0) is 15.0. The third-order valence-corrected chi connectivity index (χ3v) is 3.38. The summed E-state index contributed by atoms with van der Waals surface area (Å²) >= 11 is 0. The number of carbonyl (C=O) groups excluding carboxylic acids is 1. The summed E-state index contributed by atoms with van der Waals surface area (Å²) in [6.07, 6.45) is -0.161. The predicted octanol–water partition coefficient (Wildman–Crippen LogP) is -0.217. The molecule has 0 saturated carbocycles. The van der Waals surface area contributed by atoms with Crippen LogP contribution in [0, 0.1) is 0 Å². The number of benzene rings is 1. The highest BCUT2D eigenvalue weighted by Gasteiger charge is 2.20. The number of rotatable bonds is 3. The van der Waals surface area contributed by atoms with Crippen LogP contribution in [0.1, 0.15) is 5.69 Å². The molecule has 0 aliphatic carbocycles. The minimum atomic E-state index is -1.12. The average Bonchev–Trinajstić information content (AvgIpc) is 2.43. The van der Waals surface area contributed by atoms with E-state index in [-0.39, 0.29) is 6.42 Å². The van der Waals surface area contributed by atoms with E-state index in [0.29, 0.717) is 30.4 Å². The monoisotopic (exact) mass is 288 g/mol. The van der Waals surface area contributed by atoms with Crippen molar-refractivity contribution in [2.45, 2.75) is 6.42 Å². The van der Waals surface area contributed by atoms with Crippen molar-refractivity contribution in [3.63, 3.8) is 0 Å². The van der Waals surface area contributed by atoms with E-state index < -0.39 is 5.97 Å². The van der Waals surface area contributed by atoms with Gasteiger partial charge < -0.3 is 24.3 Å². The maximum atomic E-state index is 10.8. The van der Waals surface area contributed by atoms with Crippen LogP contribution in [0.2, 0.25) is 0 Å². The van der Waals surface area contributed by atoms with Crippen molar-refractivity contribution >= 4 is 22.6 Å². The number of carbonyl (C=O) groups is 1. The van der Waals surface area contributed by atoms with E-state index >= 15 is 0 Å². The number of nitrogens with one attached hydrogen (secondary N) is 1. The lowest BCUT2D eigenvalue weighted by Gasteiger charge is -2.20. The highest BCUT2D eigenvalue weighted by atomic mass is 16.6. The van der Waals surface area contributed by atoms with Gasteiger partial charge in [-0.2, -0.15) is 0 Å². The average molecular weight is 288 g/mol. The number of fused-ring (bicyclic) bond motifs is 2. The van der Waals surface area contributed by atoms with E-state index in [1.165, 1.54) is 0 Å². The first kappa shape index (κ1) is 13.5. The summed E-state index contributed by atoms with van der Waals surface area (Å²) in [5, 5.41) is 11.8. The number of aromatic nitrogens is 1. The van der Waals surface area contributed by atoms with E-state index in [2.05, 4.69) is 4.98 Å². The standard InChI is InChI=1S/C15H16N2O4/c1-17(2)12-5-9(6-15(18)19)16-11-8-14-13(7-10(11)12)20-3-4-21-14/h5,7-8H,3-4,6H2,1-2H3,(H,18,19). The van der Waals surface area contributed by atoms with Gasteiger partial charge >= 0.3 is 0 Å². The van der Waals surface area contributed by atoms with Gasteiger partial charge in [-0.15, -0.1) is 0 Å². The molecule has 0 radical (unpaired) electrons. The van der Waals surface area contributed by atoms with E-state index in [9.17, 15) is 9.90 Å². The second-order valence-corrected chi connectivity index (χ2v) is 5.16. The number of aromatic amines is 1. The molecule has 1 aliphatic heterocycles. The van der Waals surface area contributed by atoms with Crippen LogP contribution in [0.25, 0.3) is 10.9 Å². The van der Waals surface area contributed by atoms with Gasteiger partial charge in [0.05, 0.1) is 29.5 Å². The molecule has 0 fully saturated rings. The Morgan fingerprint density at radius 2 is 1.90 bits per heavy atom. The third kappa shape index (κ3) is 2.56. The molecule has 0 unspecified atom stereocenters. The SMILES string of the molecule is CN(C)c1cc(CC(=O)[O-])[nH+]c2cc3c(cc12)OCCO3. The smallest absolute Gasteiger partial charge is 0.217 e. The van der Waals surface area contributed by atoms with Crippen molar-refractivity contribution in [1.82, 2.24) is 0 Å². The summed E-state index contributed by atoms with van der Waals surface area (Å²) in [5.41, 5.74) is 2.31. The molecule has 0 bridgehead atoms. The third-order valence-electron chi connectivity index (χ3n) is 3.38. The first-order chi connectivity index (χ1) is 10.0. The van der Waals surface area contributed by atoms with Crippen LogP contribution < -0.4 is 24.5 Å². The van der Waals surface area contributed by atoms with Gasteiger partial charge in [0.2, 0.25) is 5.52 Å².